The van der Waals surface area contributed by atoms with Gasteiger partial charge in [0.05, 0.1) is 36.3 Å². The van der Waals surface area contributed by atoms with Crippen LogP contribution in [0.1, 0.15) is 6.42 Å². The molecule has 2 aliphatic heterocycles. The minimum absolute atomic E-state index is 0.430. The van der Waals surface area contributed by atoms with E-state index in [0.717, 1.165) is 24.2 Å². The highest BCUT2D eigenvalue weighted by atomic mass is 16.5. The van der Waals surface area contributed by atoms with E-state index in [4.69, 9.17) is 4.74 Å². The number of para-hydroxylation sites is 1. The van der Waals surface area contributed by atoms with E-state index < -0.39 is 0 Å². The van der Waals surface area contributed by atoms with Crippen LogP contribution in [0.25, 0.3) is 11.0 Å². The van der Waals surface area contributed by atoms with Crippen molar-refractivity contribution in [3.05, 3.63) is 24.5 Å². The zero-order chi connectivity index (χ0) is 10.5. The fraction of sp³-hybridized carbons (Fsp3) is 0.417. The van der Waals surface area contributed by atoms with Crippen molar-refractivity contribution in [2.45, 2.75) is 18.6 Å². The zero-order valence-electron chi connectivity index (χ0n) is 8.89. The predicted molar refractivity (Wildman–Crippen MR) is 61.6 cm³/mol. The normalized spacial score (nSPS) is 28.1. The van der Waals surface area contributed by atoms with Crippen molar-refractivity contribution >= 4 is 16.7 Å². The highest BCUT2D eigenvalue weighted by molar-refractivity contribution is 5.88. The molecule has 2 atom stereocenters. The van der Waals surface area contributed by atoms with Crippen LogP contribution in [0.5, 0.6) is 0 Å². The number of benzene rings is 1. The van der Waals surface area contributed by atoms with Crippen LogP contribution in [0.15, 0.2) is 24.5 Å². The molecule has 4 rings (SSSR count). The lowest BCUT2D eigenvalue weighted by molar-refractivity contribution is 0.0992. The van der Waals surface area contributed by atoms with E-state index in [1.54, 1.807) is 6.33 Å². The number of anilines is 1. The highest BCUT2D eigenvalue weighted by Crippen LogP contribution is 2.35. The standard InChI is InChI=1S/C12H13N3O/c1-2-10-12(14-7-13-10)11(3-1)15-5-9-4-8(15)6-16-9/h1-3,7-9H,4-6H2,(H,13,14)/t8-,9-/m0/s1. The molecule has 1 N–H and O–H groups in total. The fourth-order valence-corrected chi connectivity index (χ4v) is 2.88. The van der Waals surface area contributed by atoms with Gasteiger partial charge in [-0.15, -0.1) is 0 Å². The smallest absolute Gasteiger partial charge is 0.112 e. The van der Waals surface area contributed by atoms with E-state index in [1.807, 2.05) is 0 Å². The lowest BCUT2D eigenvalue weighted by atomic mass is 10.2. The molecule has 1 aromatic carbocycles. The third kappa shape index (κ3) is 1.05. The monoisotopic (exact) mass is 215 g/mol. The summed E-state index contributed by atoms with van der Waals surface area (Å²) in [4.78, 5) is 10.0. The Morgan fingerprint density at radius 1 is 1.44 bits per heavy atom. The third-order valence-electron chi connectivity index (χ3n) is 3.64. The lowest BCUT2D eigenvalue weighted by Gasteiger charge is -2.29. The number of fused-ring (bicyclic) bond motifs is 3. The number of nitrogens with one attached hydrogen (secondary N) is 1. The van der Waals surface area contributed by atoms with Crippen LogP contribution in [0.3, 0.4) is 0 Å². The van der Waals surface area contributed by atoms with Crippen LogP contribution in [0.4, 0.5) is 5.69 Å². The maximum atomic E-state index is 5.63. The number of ether oxygens (including phenoxy) is 1. The van der Waals surface area contributed by atoms with Gasteiger partial charge in [-0.3, -0.25) is 0 Å². The Kier molecular flexibility index (Phi) is 1.60. The molecule has 0 saturated carbocycles. The van der Waals surface area contributed by atoms with Crippen molar-refractivity contribution in [2.24, 2.45) is 0 Å². The minimum Gasteiger partial charge on any atom is -0.374 e. The maximum absolute atomic E-state index is 5.63. The lowest BCUT2D eigenvalue weighted by Crippen LogP contribution is -2.37. The van der Waals surface area contributed by atoms with Gasteiger partial charge in [0, 0.05) is 6.54 Å². The summed E-state index contributed by atoms with van der Waals surface area (Å²) in [7, 11) is 0. The van der Waals surface area contributed by atoms with E-state index in [0.29, 0.717) is 12.1 Å². The van der Waals surface area contributed by atoms with E-state index in [9.17, 15) is 0 Å². The molecule has 4 nitrogen and oxygen atoms in total. The molecule has 2 bridgehead atoms. The van der Waals surface area contributed by atoms with Gasteiger partial charge in [0.25, 0.3) is 0 Å². The van der Waals surface area contributed by atoms with Crippen molar-refractivity contribution in [1.82, 2.24) is 9.97 Å². The van der Waals surface area contributed by atoms with Crippen molar-refractivity contribution in [2.75, 3.05) is 18.1 Å². The zero-order valence-corrected chi connectivity index (χ0v) is 8.89. The van der Waals surface area contributed by atoms with Gasteiger partial charge in [-0.05, 0) is 18.6 Å². The quantitative estimate of drug-likeness (QED) is 0.784. The van der Waals surface area contributed by atoms with Gasteiger partial charge < -0.3 is 14.6 Å². The summed E-state index contributed by atoms with van der Waals surface area (Å²) < 4.78 is 5.63. The SMILES string of the molecule is c1cc(N2C[C@@H]3C[C@H]2CO3)c2nc[nH]c2c1. The molecule has 0 unspecified atom stereocenters. The number of aromatic nitrogens is 2. The molecule has 1 aromatic heterocycles. The number of rotatable bonds is 1. The Labute approximate surface area is 93.2 Å². The predicted octanol–water partition coefficient (Wildman–Crippen LogP) is 1.54. The van der Waals surface area contributed by atoms with Gasteiger partial charge in [-0.25, -0.2) is 4.98 Å². The first kappa shape index (κ1) is 8.58. The molecule has 0 aliphatic carbocycles. The molecule has 3 heterocycles. The number of imidazole rings is 1. The molecule has 16 heavy (non-hydrogen) atoms. The molecule has 82 valence electrons. The van der Waals surface area contributed by atoms with Gasteiger partial charge in [0.2, 0.25) is 0 Å². The molecule has 0 amide bonds. The number of hydrogen-bond acceptors (Lipinski definition) is 3. The fourth-order valence-electron chi connectivity index (χ4n) is 2.88. The topological polar surface area (TPSA) is 41.1 Å². The number of hydrogen-bond donors (Lipinski definition) is 1. The van der Waals surface area contributed by atoms with Crippen LogP contribution in [0, 0.1) is 0 Å². The van der Waals surface area contributed by atoms with Gasteiger partial charge in [-0.2, -0.15) is 0 Å². The summed E-state index contributed by atoms with van der Waals surface area (Å²) in [6.07, 6.45) is 3.36. The molecule has 2 fully saturated rings. The summed E-state index contributed by atoms with van der Waals surface area (Å²) in [5.74, 6) is 0. The van der Waals surface area contributed by atoms with Gasteiger partial charge >= 0.3 is 0 Å². The van der Waals surface area contributed by atoms with Gasteiger partial charge in [-0.1, -0.05) is 6.07 Å². The highest BCUT2D eigenvalue weighted by Gasteiger charge is 2.39. The first-order valence-corrected chi connectivity index (χ1v) is 5.72. The Morgan fingerprint density at radius 3 is 3.25 bits per heavy atom. The Bertz CT molecular complexity index is 536. The largest absolute Gasteiger partial charge is 0.374 e. The molecular formula is C12H13N3O. The van der Waals surface area contributed by atoms with Crippen molar-refractivity contribution in [3.63, 3.8) is 0 Å². The van der Waals surface area contributed by atoms with E-state index >= 15 is 0 Å². The number of aromatic amines is 1. The third-order valence-corrected chi connectivity index (χ3v) is 3.64. The second-order valence-electron chi connectivity index (χ2n) is 4.57. The molecule has 2 saturated heterocycles. The van der Waals surface area contributed by atoms with E-state index in [2.05, 4.69) is 33.1 Å². The van der Waals surface area contributed by atoms with Crippen LogP contribution < -0.4 is 4.90 Å². The average Bonchev–Trinajstić information content (AvgIpc) is 3.03. The van der Waals surface area contributed by atoms with Crippen molar-refractivity contribution in [3.8, 4) is 0 Å². The van der Waals surface area contributed by atoms with Gasteiger partial charge in [0.15, 0.2) is 0 Å². The summed E-state index contributed by atoms with van der Waals surface area (Å²) in [6, 6.07) is 6.86. The summed E-state index contributed by atoms with van der Waals surface area (Å²) in [5.41, 5.74) is 3.44. The second kappa shape index (κ2) is 2.98. The van der Waals surface area contributed by atoms with Crippen LogP contribution >= 0.6 is 0 Å². The van der Waals surface area contributed by atoms with Crippen molar-refractivity contribution < 1.29 is 4.74 Å². The molecule has 0 spiro atoms. The number of nitrogens with zero attached hydrogens (tertiary/aromatic N) is 2. The van der Waals surface area contributed by atoms with Crippen LogP contribution in [-0.4, -0.2) is 35.3 Å². The first-order valence-electron chi connectivity index (χ1n) is 5.72. The van der Waals surface area contributed by atoms with Crippen LogP contribution in [0.2, 0.25) is 0 Å². The summed E-state index contributed by atoms with van der Waals surface area (Å²) in [6.45, 7) is 1.88. The van der Waals surface area contributed by atoms with Crippen LogP contribution in [-0.2, 0) is 4.74 Å². The molecule has 0 radical (unpaired) electrons. The maximum Gasteiger partial charge on any atom is 0.112 e. The first-order chi connectivity index (χ1) is 7.92. The van der Waals surface area contributed by atoms with Crippen molar-refractivity contribution in [1.29, 1.82) is 0 Å². The second-order valence-corrected chi connectivity index (χ2v) is 4.57. The van der Waals surface area contributed by atoms with Gasteiger partial charge in [0.1, 0.15) is 5.52 Å². The number of H-pyrrole nitrogens is 1. The molecular weight excluding hydrogens is 202 g/mol. The molecule has 2 aromatic rings. The summed E-state index contributed by atoms with van der Waals surface area (Å²) in [5, 5.41) is 0. The minimum atomic E-state index is 0.430. The average molecular weight is 215 g/mol. The van der Waals surface area contributed by atoms with E-state index in [1.165, 1.54) is 12.1 Å². The molecule has 2 aliphatic rings. The summed E-state index contributed by atoms with van der Waals surface area (Å²) >= 11 is 0. The Hall–Kier alpha value is -1.55. The van der Waals surface area contributed by atoms with E-state index in [-0.39, 0.29) is 0 Å². The molecule has 4 heteroatoms. The Balaban J connectivity index is 1.84. The Morgan fingerprint density at radius 2 is 2.44 bits per heavy atom. The number of morpholine rings is 1.